The molecule has 0 saturated carbocycles. The molecule has 4 N–H and O–H groups in total. The van der Waals surface area contributed by atoms with Crippen LogP contribution in [0.15, 0.2) is 54.5 Å². The average molecular weight is 437 g/mol. The Balaban J connectivity index is 1.41. The SMILES string of the molecule is NC1=CN(Nc2ccc3c(c2)OCCO3)NN1C(=O)c1cccc(OCC(F)(F)F)c1. The largest absolute Gasteiger partial charge is 0.486 e. The van der Waals surface area contributed by atoms with E-state index in [0.717, 1.165) is 5.01 Å². The molecule has 12 heteroatoms. The Labute approximate surface area is 174 Å². The molecule has 1 amide bonds. The lowest BCUT2D eigenvalue weighted by Crippen LogP contribution is -2.47. The number of nitrogens with two attached hydrogens (primary N) is 1. The number of carbonyl (C=O) groups is 1. The summed E-state index contributed by atoms with van der Waals surface area (Å²) in [7, 11) is 0. The molecule has 0 bridgehead atoms. The molecule has 0 spiro atoms. The van der Waals surface area contributed by atoms with Gasteiger partial charge in [0.05, 0.1) is 11.9 Å². The van der Waals surface area contributed by atoms with Crippen LogP contribution in [0.25, 0.3) is 0 Å². The van der Waals surface area contributed by atoms with Crippen LogP contribution >= 0.6 is 0 Å². The maximum atomic E-state index is 12.8. The highest BCUT2D eigenvalue weighted by molar-refractivity contribution is 5.95. The lowest BCUT2D eigenvalue weighted by molar-refractivity contribution is -0.153. The molecule has 0 atom stereocenters. The summed E-state index contributed by atoms with van der Waals surface area (Å²) >= 11 is 0. The van der Waals surface area contributed by atoms with Crippen LogP contribution in [0, 0.1) is 0 Å². The van der Waals surface area contributed by atoms with Crippen molar-refractivity contribution in [2.24, 2.45) is 5.73 Å². The molecule has 0 radical (unpaired) electrons. The number of carbonyl (C=O) groups excluding carboxylic acids is 1. The molecule has 9 nitrogen and oxygen atoms in total. The van der Waals surface area contributed by atoms with Gasteiger partial charge in [0, 0.05) is 11.6 Å². The molecule has 2 aromatic carbocycles. The summed E-state index contributed by atoms with van der Waals surface area (Å²) in [6.07, 6.45) is -3.05. The molecule has 0 aromatic heterocycles. The summed E-state index contributed by atoms with van der Waals surface area (Å²) in [6.45, 7) is -0.534. The third kappa shape index (κ3) is 4.86. The van der Waals surface area contributed by atoms with Gasteiger partial charge in [0.15, 0.2) is 18.1 Å². The Hall–Kier alpha value is -3.80. The fraction of sp³-hybridized carbons (Fsp3) is 0.211. The second-order valence-corrected chi connectivity index (χ2v) is 6.57. The highest BCUT2D eigenvalue weighted by Gasteiger charge is 2.29. The lowest BCUT2D eigenvalue weighted by Gasteiger charge is -2.24. The third-order valence-electron chi connectivity index (χ3n) is 4.21. The van der Waals surface area contributed by atoms with Crippen molar-refractivity contribution in [2.45, 2.75) is 6.18 Å². The first-order valence-corrected chi connectivity index (χ1v) is 9.12. The second kappa shape index (κ2) is 8.14. The molecule has 4 rings (SSSR count). The predicted molar refractivity (Wildman–Crippen MR) is 102 cm³/mol. The maximum absolute atomic E-state index is 12.8. The highest BCUT2D eigenvalue weighted by atomic mass is 19.4. The summed E-state index contributed by atoms with van der Waals surface area (Å²) in [5, 5.41) is 2.39. The Morgan fingerprint density at radius 3 is 2.71 bits per heavy atom. The number of halogens is 3. The number of hydrogen-bond acceptors (Lipinski definition) is 8. The number of anilines is 1. The van der Waals surface area contributed by atoms with Crippen molar-refractivity contribution >= 4 is 11.6 Å². The van der Waals surface area contributed by atoms with Crippen LogP contribution in [0.3, 0.4) is 0 Å². The van der Waals surface area contributed by atoms with E-state index in [0.29, 0.717) is 30.4 Å². The van der Waals surface area contributed by atoms with Gasteiger partial charge in [0.1, 0.15) is 24.8 Å². The quantitative estimate of drug-likeness (QED) is 0.656. The van der Waals surface area contributed by atoms with Crippen molar-refractivity contribution in [2.75, 3.05) is 25.2 Å². The number of benzene rings is 2. The van der Waals surface area contributed by atoms with Crippen LogP contribution in [0.2, 0.25) is 0 Å². The van der Waals surface area contributed by atoms with Gasteiger partial charge in [0.2, 0.25) is 0 Å². The van der Waals surface area contributed by atoms with E-state index >= 15 is 0 Å². The van der Waals surface area contributed by atoms with E-state index < -0.39 is 18.7 Å². The van der Waals surface area contributed by atoms with E-state index in [2.05, 4.69) is 15.7 Å². The van der Waals surface area contributed by atoms with Gasteiger partial charge >= 0.3 is 6.18 Å². The number of alkyl halides is 3. The molecule has 2 aromatic rings. The first-order valence-electron chi connectivity index (χ1n) is 9.12. The molecule has 0 saturated heterocycles. The zero-order chi connectivity index (χ0) is 22.0. The van der Waals surface area contributed by atoms with Gasteiger partial charge in [-0.2, -0.15) is 13.2 Å². The summed E-state index contributed by atoms with van der Waals surface area (Å²) in [4.78, 5) is 12.8. The van der Waals surface area contributed by atoms with E-state index in [9.17, 15) is 18.0 Å². The smallest absolute Gasteiger partial charge is 0.422 e. The van der Waals surface area contributed by atoms with Crippen LogP contribution in [-0.4, -0.2) is 42.0 Å². The number of hydrazine groups is 3. The Kier molecular flexibility index (Phi) is 5.38. The van der Waals surface area contributed by atoms with E-state index in [1.165, 1.54) is 35.6 Å². The normalized spacial score (nSPS) is 15.5. The fourth-order valence-electron chi connectivity index (χ4n) is 2.87. The molecule has 31 heavy (non-hydrogen) atoms. The molecule has 0 fully saturated rings. The van der Waals surface area contributed by atoms with E-state index in [1.54, 1.807) is 18.2 Å². The van der Waals surface area contributed by atoms with Crippen LogP contribution in [0.5, 0.6) is 17.2 Å². The van der Waals surface area contributed by atoms with E-state index in [4.69, 9.17) is 15.2 Å². The highest BCUT2D eigenvalue weighted by Crippen LogP contribution is 2.33. The van der Waals surface area contributed by atoms with Gasteiger partial charge in [0.25, 0.3) is 5.91 Å². The third-order valence-corrected chi connectivity index (χ3v) is 4.21. The van der Waals surface area contributed by atoms with E-state index in [1.807, 2.05) is 0 Å². The molecule has 2 aliphatic rings. The standard InChI is InChI=1S/C19H18F3N5O4/c20-19(21,22)11-31-14-3-1-2-12(8-14)18(28)27-17(23)10-26(25-27)24-13-4-5-15-16(9-13)30-7-6-29-15/h1-5,8-10,24-25H,6-7,11,23H2. The Morgan fingerprint density at radius 2 is 1.94 bits per heavy atom. The van der Waals surface area contributed by atoms with Crippen molar-refractivity contribution in [3.05, 3.63) is 60.0 Å². The molecule has 0 unspecified atom stereocenters. The molecule has 164 valence electrons. The zero-order valence-corrected chi connectivity index (χ0v) is 16.0. The van der Waals surface area contributed by atoms with Gasteiger partial charge in [-0.25, -0.2) is 10.1 Å². The molecule has 2 heterocycles. The van der Waals surface area contributed by atoms with Gasteiger partial charge < -0.3 is 19.9 Å². The van der Waals surface area contributed by atoms with Crippen LogP contribution in [0.4, 0.5) is 18.9 Å². The summed E-state index contributed by atoms with van der Waals surface area (Å²) in [5.74, 6) is 0.604. The van der Waals surface area contributed by atoms with Crippen LogP contribution in [-0.2, 0) is 0 Å². The fourth-order valence-corrected chi connectivity index (χ4v) is 2.87. The van der Waals surface area contributed by atoms with Crippen molar-refractivity contribution in [3.8, 4) is 17.2 Å². The van der Waals surface area contributed by atoms with Gasteiger partial charge in [-0.05, 0) is 30.3 Å². The number of nitrogens with one attached hydrogen (secondary N) is 2. The topological polar surface area (TPSA) is 101 Å². The second-order valence-electron chi connectivity index (χ2n) is 6.57. The maximum Gasteiger partial charge on any atom is 0.422 e. The Morgan fingerprint density at radius 1 is 1.16 bits per heavy atom. The number of fused-ring (bicyclic) bond motifs is 1. The molecular formula is C19H18F3N5O4. The first-order chi connectivity index (χ1) is 14.8. The van der Waals surface area contributed by atoms with Gasteiger partial charge in [-0.15, -0.1) is 5.53 Å². The van der Waals surface area contributed by atoms with Crippen molar-refractivity contribution in [3.63, 3.8) is 0 Å². The number of rotatable bonds is 5. The number of hydrogen-bond donors (Lipinski definition) is 3. The summed E-state index contributed by atoms with van der Waals surface area (Å²) in [6, 6.07) is 10.6. The number of nitrogens with zero attached hydrogens (tertiary/aromatic N) is 2. The molecular weight excluding hydrogens is 419 g/mol. The minimum absolute atomic E-state index is 0.0663. The lowest BCUT2D eigenvalue weighted by atomic mass is 10.2. The average Bonchev–Trinajstić information content (AvgIpc) is 3.11. The zero-order valence-electron chi connectivity index (χ0n) is 16.0. The monoisotopic (exact) mass is 437 g/mol. The van der Waals surface area contributed by atoms with Crippen LogP contribution in [0.1, 0.15) is 10.4 Å². The summed E-state index contributed by atoms with van der Waals surface area (Å²) in [5.41, 5.74) is 12.4. The minimum atomic E-state index is -4.48. The van der Waals surface area contributed by atoms with Gasteiger partial charge in [-0.1, -0.05) is 6.07 Å². The van der Waals surface area contributed by atoms with E-state index in [-0.39, 0.29) is 17.1 Å². The first kappa shape index (κ1) is 20.5. The minimum Gasteiger partial charge on any atom is -0.486 e. The summed E-state index contributed by atoms with van der Waals surface area (Å²) < 4.78 is 52.7. The molecule has 2 aliphatic heterocycles. The van der Waals surface area contributed by atoms with Crippen LogP contribution < -0.4 is 30.9 Å². The number of ether oxygens (including phenoxy) is 3. The number of amides is 1. The Bertz CT molecular complexity index is 1010. The van der Waals surface area contributed by atoms with Gasteiger partial charge in [-0.3, -0.25) is 10.2 Å². The van der Waals surface area contributed by atoms with Crippen molar-refractivity contribution in [1.82, 2.24) is 15.7 Å². The van der Waals surface area contributed by atoms with Crippen molar-refractivity contribution in [1.29, 1.82) is 0 Å². The predicted octanol–water partition coefficient (Wildman–Crippen LogP) is 2.36. The molecule has 0 aliphatic carbocycles. The van der Waals surface area contributed by atoms with Crippen molar-refractivity contribution < 1.29 is 32.2 Å².